The highest BCUT2D eigenvalue weighted by Crippen LogP contribution is 2.34. The number of rotatable bonds is 5. The zero-order chi connectivity index (χ0) is 14.9. The Morgan fingerprint density at radius 2 is 2.15 bits per heavy atom. The molecule has 0 fully saturated rings. The van der Waals surface area contributed by atoms with Gasteiger partial charge in [0.05, 0.1) is 6.10 Å². The maximum Gasteiger partial charge on any atom is 0.350 e. The molecule has 9 nitrogen and oxygen atoms in total. The van der Waals surface area contributed by atoms with Crippen molar-refractivity contribution in [1.82, 2.24) is 14.6 Å². The van der Waals surface area contributed by atoms with Crippen molar-refractivity contribution in [3.63, 3.8) is 0 Å². The lowest BCUT2D eigenvalue weighted by molar-refractivity contribution is 0.0877. The fourth-order valence-electron chi connectivity index (χ4n) is 1.82. The zero-order valence-electron chi connectivity index (χ0n) is 10.8. The smallest absolute Gasteiger partial charge is 0.350 e. The van der Waals surface area contributed by atoms with Gasteiger partial charge in [-0.2, -0.15) is 4.98 Å². The standard InChI is InChI=1S/C10H16N5O4P/c1-6(19-5-20(16,17)18)4-7-2-3-8-9(11)13-10(12)14-15(7)8/h2-3,6H,4-5H2,1H3,(H2,16,17,18)(H4,11,12,13,14). The van der Waals surface area contributed by atoms with Gasteiger partial charge in [-0.1, -0.05) is 0 Å². The SMILES string of the molecule is CC(Cc1ccc2c(N)nc(N)nn12)OCP(=O)(O)O. The first-order valence-electron chi connectivity index (χ1n) is 5.82. The Balaban J connectivity index is 2.16. The summed E-state index contributed by atoms with van der Waals surface area (Å²) in [5.74, 6) is 0.323. The van der Waals surface area contributed by atoms with E-state index in [4.69, 9.17) is 26.0 Å². The molecule has 0 amide bonds. The topological polar surface area (TPSA) is 149 Å². The van der Waals surface area contributed by atoms with E-state index in [9.17, 15) is 4.57 Å². The quantitative estimate of drug-likeness (QED) is 0.563. The summed E-state index contributed by atoms with van der Waals surface area (Å²) in [5, 5.41) is 4.05. The maximum absolute atomic E-state index is 10.8. The minimum atomic E-state index is -4.17. The summed E-state index contributed by atoms with van der Waals surface area (Å²) in [7, 11) is -4.17. The molecule has 6 N–H and O–H groups in total. The normalized spacial score (nSPS) is 13.8. The van der Waals surface area contributed by atoms with E-state index in [1.165, 1.54) is 0 Å². The lowest BCUT2D eigenvalue weighted by Crippen LogP contribution is -2.15. The van der Waals surface area contributed by atoms with Crippen molar-refractivity contribution < 1.29 is 19.1 Å². The summed E-state index contributed by atoms with van der Waals surface area (Å²) < 4.78 is 17.4. The summed E-state index contributed by atoms with van der Waals surface area (Å²) in [6, 6.07) is 3.54. The van der Waals surface area contributed by atoms with Gasteiger partial charge in [-0.25, -0.2) is 4.52 Å². The van der Waals surface area contributed by atoms with Crippen LogP contribution in [0.3, 0.4) is 0 Å². The molecule has 2 heterocycles. The Hall–Kier alpha value is -1.67. The summed E-state index contributed by atoms with van der Waals surface area (Å²) in [6.45, 7) is 1.71. The molecule has 2 aromatic heterocycles. The van der Waals surface area contributed by atoms with Crippen molar-refractivity contribution in [2.24, 2.45) is 0 Å². The predicted octanol–water partition coefficient (Wildman–Crippen LogP) is -0.0235. The van der Waals surface area contributed by atoms with Crippen LogP contribution in [0.15, 0.2) is 12.1 Å². The number of hydrogen-bond acceptors (Lipinski definition) is 6. The molecule has 0 aliphatic carbocycles. The molecule has 110 valence electrons. The van der Waals surface area contributed by atoms with Crippen molar-refractivity contribution in [2.75, 3.05) is 17.8 Å². The zero-order valence-corrected chi connectivity index (χ0v) is 11.7. The molecule has 2 aromatic rings. The average molecular weight is 301 g/mol. The second kappa shape index (κ2) is 5.37. The van der Waals surface area contributed by atoms with Crippen LogP contribution in [0.25, 0.3) is 5.52 Å². The Morgan fingerprint density at radius 1 is 1.45 bits per heavy atom. The van der Waals surface area contributed by atoms with E-state index in [0.29, 0.717) is 11.9 Å². The van der Waals surface area contributed by atoms with Crippen LogP contribution in [0.5, 0.6) is 0 Å². The Morgan fingerprint density at radius 3 is 2.80 bits per heavy atom. The van der Waals surface area contributed by atoms with E-state index in [2.05, 4.69) is 10.1 Å². The molecule has 1 atom stereocenters. The molecule has 0 saturated heterocycles. The van der Waals surface area contributed by atoms with Gasteiger partial charge in [-0.05, 0) is 19.1 Å². The van der Waals surface area contributed by atoms with Gasteiger partial charge in [-0.15, -0.1) is 5.10 Å². The van der Waals surface area contributed by atoms with E-state index < -0.39 is 20.0 Å². The van der Waals surface area contributed by atoms with Crippen molar-refractivity contribution >= 4 is 24.9 Å². The third-order valence-corrected chi connectivity index (χ3v) is 3.14. The summed E-state index contributed by atoms with van der Waals surface area (Å²) in [4.78, 5) is 21.4. The van der Waals surface area contributed by atoms with E-state index in [1.807, 2.05) is 0 Å². The van der Waals surface area contributed by atoms with Gasteiger partial charge in [0, 0.05) is 12.1 Å². The highest BCUT2D eigenvalue weighted by Gasteiger charge is 2.17. The number of ether oxygens (including phenoxy) is 1. The second-order valence-electron chi connectivity index (χ2n) is 4.45. The number of nitrogens with two attached hydrogens (primary N) is 2. The van der Waals surface area contributed by atoms with Gasteiger partial charge < -0.3 is 26.0 Å². The van der Waals surface area contributed by atoms with Crippen LogP contribution in [0, 0.1) is 0 Å². The van der Waals surface area contributed by atoms with Crippen molar-refractivity contribution in [3.05, 3.63) is 17.8 Å². The molecule has 0 saturated carbocycles. The first-order chi connectivity index (χ1) is 9.26. The van der Waals surface area contributed by atoms with Gasteiger partial charge in [0.2, 0.25) is 5.95 Å². The lowest BCUT2D eigenvalue weighted by atomic mass is 10.2. The largest absolute Gasteiger partial charge is 0.382 e. The van der Waals surface area contributed by atoms with Crippen molar-refractivity contribution in [1.29, 1.82) is 0 Å². The number of fused-ring (bicyclic) bond motifs is 1. The molecule has 0 aliphatic heterocycles. The van der Waals surface area contributed by atoms with Crippen LogP contribution < -0.4 is 11.5 Å². The molecule has 2 rings (SSSR count). The summed E-state index contributed by atoms with van der Waals surface area (Å²) in [5.41, 5.74) is 12.7. The third-order valence-electron chi connectivity index (χ3n) is 2.66. The van der Waals surface area contributed by atoms with Gasteiger partial charge in [0.25, 0.3) is 0 Å². The minimum absolute atomic E-state index is 0.0521. The van der Waals surface area contributed by atoms with Crippen LogP contribution in [-0.4, -0.2) is 36.8 Å². The van der Waals surface area contributed by atoms with Crippen LogP contribution in [0.1, 0.15) is 12.6 Å². The van der Waals surface area contributed by atoms with Gasteiger partial charge >= 0.3 is 7.60 Å². The lowest BCUT2D eigenvalue weighted by Gasteiger charge is -2.13. The van der Waals surface area contributed by atoms with Gasteiger partial charge in [0.15, 0.2) is 5.82 Å². The molecule has 10 heteroatoms. The van der Waals surface area contributed by atoms with Crippen molar-refractivity contribution in [2.45, 2.75) is 19.4 Å². The highest BCUT2D eigenvalue weighted by atomic mass is 31.2. The van der Waals surface area contributed by atoms with Gasteiger partial charge in [0.1, 0.15) is 11.9 Å². The molecular formula is C10H16N5O4P. The van der Waals surface area contributed by atoms with E-state index in [-0.39, 0.29) is 11.8 Å². The van der Waals surface area contributed by atoms with Crippen LogP contribution in [0.4, 0.5) is 11.8 Å². The fourth-order valence-corrected chi connectivity index (χ4v) is 2.27. The van der Waals surface area contributed by atoms with E-state index >= 15 is 0 Å². The number of nitrogens with zero attached hydrogens (tertiary/aromatic N) is 3. The number of aromatic nitrogens is 3. The van der Waals surface area contributed by atoms with E-state index in [0.717, 1.165) is 5.69 Å². The molecular weight excluding hydrogens is 285 g/mol. The van der Waals surface area contributed by atoms with E-state index in [1.54, 1.807) is 23.6 Å². The minimum Gasteiger partial charge on any atom is -0.382 e. The maximum atomic E-state index is 10.8. The molecule has 0 spiro atoms. The number of hydrogen-bond donors (Lipinski definition) is 4. The molecule has 0 bridgehead atoms. The van der Waals surface area contributed by atoms with Gasteiger partial charge in [-0.3, -0.25) is 4.57 Å². The molecule has 20 heavy (non-hydrogen) atoms. The average Bonchev–Trinajstić information content (AvgIpc) is 2.69. The van der Waals surface area contributed by atoms with Crippen LogP contribution in [0.2, 0.25) is 0 Å². The highest BCUT2D eigenvalue weighted by molar-refractivity contribution is 7.51. The number of anilines is 2. The Labute approximate surface area is 114 Å². The summed E-state index contributed by atoms with van der Waals surface area (Å²) >= 11 is 0. The first-order valence-corrected chi connectivity index (χ1v) is 7.62. The molecule has 0 aliphatic rings. The Kier molecular flexibility index (Phi) is 3.96. The molecule has 0 radical (unpaired) electrons. The monoisotopic (exact) mass is 301 g/mol. The summed E-state index contributed by atoms with van der Waals surface area (Å²) in [6.07, 6.45) is -0.598. The molecule has 0 aromatic carbocycles. The fraction of sp³-hybridized carbons (Fsp3) is 0.400. The van der Waals surface area contributed by atoms with Crippen molar-refractivity contribution in [3.8, 4) is 0 Å². The first kappa shape index (κ1) is 14.7. The third kappa shape index (κ3) is 3.45. The van der Waals surface area contributed by atoms with Crippen LogP contribution in [-0.2, 0) is 15.7 Å². The second-order valence-corrected chi connectivity index (χ2v) is 6.04. The predicted molar refractivity (Wildman–Crippen MR) is 73.0 cm³/mol. The number of nitrogen functional groups attached to an aromatic ring is 2. The van der Waals surface area contributed by atoms with Crippen LogP contribution >= 0.6 is 7.60 Å². The Bertz CT molecular complexity index is 667. The molecule has 1 unspecified atom stereocenters.